The monoisotopic (exact) mass is 174 g/mol. The van der Waals surface area contributed by atoms with Crippen molar-refractivity contribution in [3.05, 3.63) is 35.4 Å². The van der Waals surface area contributed by atoms with Crippen LogP contribution in [0.3, 0.4) is 0 Å². The second-order valence-electron chi connectivity index (χ2n) is 2.54. The van der Waals surface area contributed by atoms with E-state index in [1.807, 2.05) is 0 Å². The van der Waals surface area contributed by atoms with Crippen molar-refractivity contribution in [1.29, 1.82) is 0 Å². The van der Waals surface area contributed by atoms with Crippen molar-refractivity contribution in [3.8, 4) is 0 Å². The van der Waals surface area contributed by atoms with Gasteiger partial charge in [-0.2, -0.15) is 0 Å². The summed E-state index contributed by atoms with van der Waals surface area (Å²) in [6.07, 6.45) is 0.804. The van der Waals surface area contributed by atoms with Gasteiger partial charge in [0.1, 0.15) is 0 Å². The lowest BCUT2D eigenvalue weighted by Crippen LogP contribution is -1.90. The SMILES string of the molecule is FCCCc1ccc(F)c(F)c1. The molecule has 0 aliphatic heterocycles. The van der Waals surface area contributed by atoms with Crippen LogP contribution in [0.5, 0.6) is 0 Å². The third-order valence-electron chi connectivity index (χ3n) is 1.58. The van der Waals surface area contributed by atoms with Crippen LogP contribution in [0.4, 0.5) is 13.2 Å². The molecule has 12 heavy (non-hydrogen) atoms. The number of aryl methyl sites for hydroxylation is 1. The second-order valence-corrected chi connectivity index (χ2v) is 2.54. The summed E-state index contributed by atoms with van der Waals surface area (Å²) in [6, 6.07) is 3.63. The maximum Gasteiger partial charge on any atom is 0.159 e. The van der Waals surface area contributed by atoms with E-state index >= 15 is 0 Å². The lowest BCUT2D eigenvalue weighted by Gasteiger charge is -1.98. The van der Waals surface area contributed by atoms with Crippen LogP contribution < -0.4 is 0 Å². The van der Waals surface area contributed by atoms with Crippen LogP contribution in [0.1, 0.15) is 12.0 Å². The molecular formula is C9H9F3. The third-order valence-corrected chi connectivity index (χ3v) is 1.58. The largest absolute Gasteiger partial charge is 0.251 e. The fourth-order valence-corrected chi connectivity index (χ4v) is 0.966. The first kappa shape index (κ1) is 9.10. The van der Waals surface area contributed by atoms with Gasteiger partial charge in [-0.15, -0.1) is 0 Å². The van der Waals surface area contributed by atoms with Crippen molar-refractivity contribution in [2.75, 3.05) is 6.67 Å². The van der Waals surface area contributed by atoms with E-state index in [-0.39, 0.29) is 0 Å². The van der Waals surface area contributed by atoms with Gasteiger partial charge in [0.05, 0.1) is 6.67 Å². The normalized spacial score (nSPS) is 10.2. The Labute approximate surface area is 69.0 Å². The average Bonchev–Trinajstić information content (AvgIpc) is 2.07. The summed E-state index contributed by atoms with van der Waals surface area (Å²) in [6.45, 7) is -0.432. The standard InChI is InChI=1S/C9H9F3/c10-5-1-2-7-3-4-8(11)9(12)6-7/h3-4,6H,1-2,5H2. The zero-order valence-corrected chi connectivity index (χ0v) is 6.49. The molecule has 0 N–H and O–H groups in total. The van der Waals surface area contributed by atoms with Crippen LogP contribution in [0.15, 0.2) is 18.2 Å². The van der Waals surface area contributed by atoms with Gasteiger partial charge in [-0.05, 0) is 30.5 Å². The van der Waals surface area contributed by atoms with Crippen LogP contribution >= 0.6 is 0 Å². The molecule has 0 fully saturated rings. The second kappa shape index (κ2) is 4.14. The van der Waals surface area contributed by atoms with E-state index in [2.05, 4.69) is 0 Å². The Balaban J connectivity index is 2.69. The maximum atomic E-state index is 12.5. The third kappa shape index (κ3) is 2.26. The topological polar surface area (TPSA) is 0 Å². The molecule has 0 nitrogen and oxygen atoms in total. The van der Waals surface area contributed by atoms with Gasteiger partial charge < -0.3 is 0 Å². The first-order valence-corrected chi connectivity index (χ1v) is 3.74. The number of halogens is 3. The van der Waals surface area contributed by atoms with E-state index in [0.29, 0.717) is 18.4 Å². The first-order chi connectivity index (χ1) is 5.74. The molecule has 0 aliphatic carbocycles. The summed E-state index contributed by atoms with van der Waals surface area (Å²) >= 11 is 0. The van der Waals surface area contributed by atoms with Gasteiger partial charge >= 0.3 is 0 Å². The Hall–Kier alpha value is -0.990. The van der Waals surface area contributed by atoms with Gasteiger partial charge in [-0.1, -0.05) is 6.07 Å². The molecule has 3 heteroatoms. The molecule has 0 spiro atoms. The van der Waals surface area contributed by atoms with E-state index in [1.54, 1.807) is 0 Å². The molecule has 0 heterocycles. The van der Waals surface area contributed by atoms with Crippen molar-refractivity contribution in [1.82, 2.24) is 0 Å². The molecular weight excluding hydrogens is 165 g/mol. The lowest BCUT2D eigenvalue weighted by atomic mass is 10.1. The molecule has 0 atom stereocenters. The van der Waals surface area contributed by atoms with Crippen LogP contribution in [0, 0.1) is 11.6 Å². The van der Waals surface area contributed by atoms with E-state index in [0.717, 1.165) is 12.1 Å². The molecule has 0 aromatic heterocycles. The molecule has 0 bridgehead atoms. The van der Waals surface area contributed by atoms with Gasteiger partial charge in [0.2, 0.25) is 0 Å². The quantitative estimate of drug-likeness (QED) is 0.661. The molecule has 0 unspecified atom stereocenters. The Morgan fingerprint density at radius 1 is 1.08 bits per heavy atom. The highest BCUT2D eigenvalue weighted by Crippen LogP contribution is 2.10. The fourth-order valence-electron chi connectivity index (χ4n) is 0.966. The van der Waals surface area contributed by atoms with E-state index in [1.165, 1.54) is 6.07 Å². The highest BCUT2D eigenvalue weighted by molar-refractivity contribution is 5.17. The highest BCUT2D eigenvalue weighted by Gasteiger charge is 2.01. The van der Waals surface area contributed by atoms with E-state index in [4.69, 9.17) is 0 Å². The number of benzene rings is 1. The zero-order valence-electron chi connectivity index (χ0n) is 6.49. The predicted molar refractivity (Wildman–Crippen MR) is 40.7 cm³/mol. The number of hydrogen-bond acceptors (Lipinski definition) is 0. The summed E-state index contributed by atoms with van der Waals surface area (Å²) in [7, 11) is 0. The van der Waals surface area contributed by atoms with Crippen LogP contribution in [0.2, 0.25) is 0 Å². The summed E-state index contributed by atoms with van der Waals surface area (Å²) in [5.74, 6) is -1.73. The fraction of sp³-hybridized carbons (Fsp3) is 0.333. The minimum atomic E-state index is -0.869. The number of alkyl halides is 1. The zero-order chi connectivity index (χ0) is 8.97. The van der Waals surface area contributed by atoms with Crippen molar-refractivity contribution in [2.24, 2.45) is 0 Å². The molecule has 0 amide bonds. The van der Waals surface area contributed by atoms with Crippen LogP contribution in [0.25, 0.3) is 0 Å². The minimum absolute atomic E-state index is 0.352. The average molecular weight is 174 g/mol. The van der Waals surface area contributed by atoms with Gasteiger partial charge in [0.15, 0.2) is 11.6 Å². The Morgan fingerprint density at radius 2 is 1.83 bits per heavy atom. The molecule has 66 valence electrons. The molecule has 1 aromatic carbocycles. The summed E-state index contributed by atoms with van der Waals surface area (Å²) < 4.78 is 36.6. The van der Waals surface area contributed by atoms with Gasteiger partial charge in [0.25, 0.3) is 0 Å². The van der Waals surface area contributed by atoms with Crippen LogP contribution in [-0.2, 0) is 6.42 Å². The Bertz CT molecular complexity index is 258. The highest BCUT2D eigenvalue weighted by atomic mass is 19.2. The first-order valence-electron chi connectivity index (χ1n) is 3.74. The smallest absolute Gasteiger partial charge is 0.159 e. The summed E-state index contributed by atoms with van der Waals surface area (Å²) in [5.41, 5.74) is 0.631. The molecule has 0 saturated carbocycles. The van der Waals surface area contributed by atoms with Crippen LogP contribution in [-0.4, -0.2) is 6.67 Å². The van der Waals surface area contributed by atoms with Gasteiger partial charge in [-0.3, -0.25) is 4.39 Å². The van der Waals surface area contributed by atoms with Crippen molar-refractivity contribution >= 4 is 0 Å². The maximum absolute atomic E-state index is 12.5. The predicted octanol–water partition coefficient (Wildman–Crippen LogP) is 2.87. The van der Waals surface area contributed by atoms with E-state index < -0.39 is 18.3 Å². The van der Waals surface area contributed by atoms with Gasteiger partial charge in [-0.25, -0.2) is 8.78 Å². The molecule has 0 aliphatic rings. The van der Waals surface area contributed by atoms with Crippen molar-refractivity contribution < 1.29 is 13.2 Å². The molecule has 1 rings (SSSR count). The summed E-state index contributed by atoms with van der Waals surface area (Å²) in [5, 5.41) is 0. The Morgan fingerprint density at radius 3 is 2.42 bits per heavy atom. The summed E-state index contributed by atoms with van der Waals surface area (Å²) in [4.78, 5) is 0. The van der Waals surface area contributed by atoms with Gasteiger partial charge in [0, 0.05) is 0 Å². The molecule has 0 saturated heterocycles. The van der Waals surface area contributed by atoms with E-state index in [9.17, 15) is 13.2 Å². The number of hydrogen-bond donors (Lipinski definition) is 0. The molecule has 0 radical (unpaired) electrons. The Kier molecular flexibility index (Phi) is 3.14. The number of rotatable bonds is 3. The minimum Gasteiger partial charge on any atom is -0.251 e. The van der Waals surface area contributed by atoms with Crippen molar-refractivity contribution in [3.63, 3.8) is 0 Å². The lowest BCUT2D eigenvalue weighted by molar-refractivity contribution is 0.471. The van der Waals surface area contributed by atoms with Crippen molar-refractivity contribution in [2.45, 2.75) is 12.8 Å². The molecule has 1 aromatic rings.